The van der Waals surface area contributed by atoms with Crippen LogP contribution in [0.5, 0.6) is 0 Å². The second-order valence-corrected chi connectivity index (χ2v) is 7.07. The Morgan fingerprint density at radius 2 is 1.93 bits per heavy atom. The van der Waals surface area contributed by atoms with Crippen LogP contribution in [0.1, 0.15) is 12.8 Å². The van der Waals surface area contributed by atoms with Crippen LogP contribution in [0, 0.1) is 0 Å². The van der Waals surface area contributed by atoms with Crippen molar-refractivity contribution >= 4 is 34.2 Å². The fourth-order valence-corrected chi connectivity index (χ4v) is 3.78. The van der Waals surface area contributed by atoms with Gasteiger partial charge in [0.15, 0.2) is 5.65 Å². The first kappa shape index (κ1) is 16.5. The third-order valence-electron chi connectivity index (χ3n) is 4.92. The first-order valence-corrected chi connectivity index (χ1v) is 9.39. The van der Waals surface area contributed by atoms with Gasteiger partial charge in [-0.1, -0.05) is 29.8 Å². The van der Waals surface area contributed by atoms with E-state index in [2.05, 4.69) is 21.4 Å². The highest BCUT2D eigenvalue weighted by Crippen LogP contribution is 2.33. The Morgan fingerprint density at radius 3 is 2.78 bits per heavy atom. The zero-order valence-electron chi connectivity index (χ0n) is 14.6. The smallest absolute Gasteiger partial charge is 0.224 e. The number of rotatable bonds is 3. The van der Waals surface area contributed by atoms with Crippen LogP contribution in [0.15, 0.2) is 48.9 Å². The lowest BCUT2D eigenvalue weighted by Crippen LogP contribution is -2.28. The summed E-state index contributed by atoms with van der Waals surface area (Å²) >= 11 is 6.42. The zero-order chi connectivity index (χ0) is 18.2. The maximum atomic E-state index is 6.42. The molecule has 3 aromatic heterocycles. The van der Waals surface area contributed by atoms with E-state index in [1.807, 2.05) is 41.1 Å². The number of benzene rings is 1. The summed E-state index contributed by atoms with van der Waals surface area (Å²) in [6.07, 6.45) is 7.48. The van der Waals surface area contributed by atoms with Gasteiger partial charge in [-0.3, -0.25) is 4.40 Å². The van der Waals surface area contributed by atoms with Gasteiger partial charge < -0.3 is 10.1 Å². The van der Waals surface area contributed by atoms with Crippen molar-refractivity contribution in [1.82, 2.24) is 19.4 Å². The summed E-state index contributed by atoms with van der Waals surface area (Å²) in [6, 6.07) is 10.2. The van der Waals surface area contributed by atoms with Gasteiger partial charge in [0.05, 0.1) is 0 Å². The van der Waals surface area contributed by atoms with Crippen molar-refractivity contribution in [2.24, 2.45) is 0 Å². The van der Waals surface area contributed by atoms with Crippen LogP contribution in [0.25, 0.3) is 27.8 Å². The summed E-state index contributed by atoms with van der Waals surface area (Å²) in [6.45, 7) is 1.55. The van der Waals surface area contributed by atoms with Crippen LogP contribution >= 0.6 is 11.6 Å². The largest absolute Gasteiger partial charge is 0.381 e. The molecule has 7 heteroatoms. The highest BCUT2D eigenvalue weighted by Gasteiger charge is 2.17. The highest BCUT2D eigenvalue weighted by atomic mass is 35.5. The van der Waals surface area contributed by atoms with E-state index in [0.29, 0.717) is 17.0 Å². The minimum absolute atomic E-state index is 0.344. The minimum atomic E-state index is 0.344. The molecule has 0 aliphatic carbocycles. The number of pyridine rings is 1. The summed E-state index contributed by atoms with van der Waals surface area (Å²) in [5.74, 6) is 0.634. The molecule has 5 rings (SSSR count). The Hall–Kier alpha value is -2.70. The molecule has 0 amide bonds. The van der Waals surface area contributed by atoms with E-state index in [1.54, 1.807) is 6.20 Å². The molecular weight excluding hydrogens is 362 g/mol. The molecular formula is C20H18ClN5O. The number of aromatic nitrogens is 4. The number of hydrogen-bond donors (Lipinski definition) is 1. The quantitative estimate of drug-likeness (QED) is 0.578. The Bertz CT molecular complexity index is 1120. The highest BCUT2D eigenvalue weighted by molar-refractivity contribution is 6.33. The molecule has 4 aromatic rings. The maximum absolute atomic E-state index is 6.42. The van der Waals surface area contributed by atoms with Gasteiger partial charge in [-0.25, -0.2) is 9.97 Å². The molecule has 1 aromatic carbocycles. The molecule has 0 unspecified atom stereocenters. The van der Waals surface area contributed by atoms with Gasteiger partial charge in [0.2, 0.25) is 5.95 Å². The SMILES string of the molecule is Clc1ccccc1-c1cc2cnc(NC3CCOCC3)nc2n2ccnc12. The van der Waals surface area contributed by atoms with Gasteiger partial charge in [0.1, 0.15) is 5.65 Å². The van der Waals surface area contributed by atoms with E-state index >= 15 is 0 Å². The fourth-order valence-electron chi connectivity index (χ4n) is 3.54. The minimum Gasteiger partial charge on any atom is -0.381 e. The van der Waals surface area contributed by atoms with Gasteiger partial charge >= 0.3 is 0 Å². The molecule has 1 aliphatic rings. The van der Waals surface area contributed by atoms with Crippen molar-refractivity contribution in [2.75, 3.05) is 18.5 Å². The van der Waals surface area contributed by atoms with Crippen LogP contribution in [-0.2, 0) is 4.74 Å². The lowest BCUT2D eigenvalue weighted by atomic mass is 10.1. The molecule has 27 heavy (non-hydrogen) atoms. The first-order chi connectivity index (χ1) is 13.3. The number of ether oxygens (including phenoxy) is 1. The Labute approximate surface area is 161 Å². The topological polar surface area (TPSA) is 64.3 Å². The number of nitrogens with zero attached hydrogens (tertiary/aromatic N) is 4. The zero-order valence-corrected chi connectivity index (χ0v) is 15.4. The number of fused-ring (bicyclic) bond motifs is 3. The predicted octanol–water partition coefficient (Wildman–Crippen LogP) is 4.19. The van der Waals surface area contributed by atoms with Crippen molar-refractivity contribution in [2.45, 2.75) is 18.9 Å². The van der Waals surface area contributed by atoms with Crippen molar-refractivity contribution in [3.8, 4) is 11.1 Å². The van der Waals surface area contributed by atoms with Crippen LogP contribution in [0.3, 0.4) is 0 Å². The molecule has 1 saturated heterocycles. The number of imidazole rings is 1. The normalized spacial score (nSPS) is 15.4. The van der Waals surface area contributed by atoms with Gasteiger partial charge in [-0.2, -0.15) is 4.98 Å². The second kappa shape index (κ2) is 6.79. The lowest BCUT2D eigenvalue weighted by Gasteiger charge is -2.23. The van der Waals surface area contributed by atoms with Gasteiger partial charge in [-0.05, 0) is 25.0 Å². The first-order valence-electron chi connectivity index (χ1n) is 9.01. The summed E-state index contributed by atoms with van der Waals surface area (Å²) in [5.41, 5.74) is 3.56. The van der Waals surface area contributed by atoms with Crippen molar-refractivity contribution < 1.29 is 4.74 Å². The van der Waals surface area contributed by atoms with Gasteiger partial charge in [0.25, 0.3) is 0 Å². The summed E-state index contributed by atoms with van der Waals surface area (Å²) in [4.78, 5) is 13.8. The van der Waals surface area contributed by atoms with Crippen molar-refractivity contribution in [3.05, 3.63) is 53.9 Å². The molecule has 0 saturated carbocycles. The van der Waals surface area contributed by atoms with E-state index in [4.69, 9.17) is 21.3 Å². The van der Waals surface area contributed by atoms with E-state index in [9.17, 15) is 0 Å². The van der Waals surface area contributed by atoms with Gasteiger partial charge in [0, 0.05) is 59.4 Å². The average molecular weight is 380 g/mol. The van der Waals surface area contributed by atoms with Crippen molar-refractivity contribution in [3.63, 3.8) is 0 Å². The van der Waals surface area contributed by atoms with E-state index < -0.39 is 0 Å². The molecule has 1 aliphatic heterocycles. The molecule has 0 spiro atoms. The Kier molecular flexibility index (Phi) is 4.14. The van der Waals surface area contributed by atoms with Crippen LogP contribution in [0.2, 0.25) is 5.02 Å². The van der Waals surface area contributed by atoms with Gasteiger partial charge in [-0.15, -0.1) is 0 Å². The molecule has 4 heterocycles. The molecule has 0 bridgehead atoms. The number of nitrogens with one attached hydrogen (secondary N) is 1. The molecule has 6 nitrogen and oxygen atoms in total. The van der Waals surface area contributed by atoms with E-state index in [-0.39, 0.29) is 0 Å². The van der Waals surface area contributed by atoms with Crippen LogP contribution in [-0.4, -0.2) is 38.6 Å². The van der Waals surface area contributed by atoms with E-state index in [1.165, 1.54) is 0 Å². The third-order valence-corrected chi connectivity index (χ3v) is 5.25. The Morgan fingerprint density at radius 1 is 1.07 bits per heavy atom. The molecule has 1 fully saturated rings. The maximum Gasteiger partial charge on any atom is 0.224 e. The average Bonchev–Trinajstić information content (AvgIpc) is 3.19. The predicted molar refractivity (Wildman–Crippen MR) is 106 cm³/mol. The Balaban J connectivity index is 1.62. The third kappa shape index (κ3) is 3.01. The van der Waals surface area contributed by atoms with Crippen molar-refractivity contribution in [1.29, 1.82) is 0 Å². The number of anilines is 1. The molecule has 136 valence electrons. The molecule has 0 atom stereocenters. The summed E-state index contributed by atoms with van der Waals surface area (Å²) in [7, 11) is 0. The molecule has 1 N–H and O–H groups in total. The second-order valence-electron chi connectivity index (χ2n) is 6.66. The number of hydrogen-bond acceptors (Lipinski definition) is 5. The van der Waals surface area contributed by atoms with Crippen LogP contribution in [0.4, 0.5) is 5.95 Å². The van der Waals surface area contributed by atoms with E-state index in [0.717, 1.165) is 53.9 Å². The summed E-state index contributed by atoms with van der Waals surface area (Å²) < 4.78 is 7.41. The monoisotopic (exact) mass is 379 g/mol. The number of halogens is 1. The molecule has 0 radical (unpaired) electrons. The fraction of sp³-hybridized carbons (Fsp3) is 0.250. The lowest BCUT2D eigenvalue weighted by molar-refractivity contribution is 0.0903. The van der Waals surface area contributed by atoms with Crippen LogP contribution < -0.4 is 5.32 Å². The summed E-state index contributed by atoms with van der Waals surface area (Å²) in [5, 5.41) is 5.06. The standard InChI is InChI=1S/C20H18ClN5O/c21-17-4-2-1-3-15(17)16-11-13-12-23-20(24-14-5-9-27-10-6-14)25-18(13)26-8-7-22-19(16)26/h1-4,7-8,11-12,14H,5-6,9-10H2,(H,23,24,25).